The first-order valence-corrected chi connectivity index (χ1v) is 10.9. The van der Waals surface area contributed by atoms with Crippen molar-refractivity contribution in [2.45, 2.75) is 37.8 Å². The molecular formula is C19H30N4O5S. The van der Waals surface area contributed by atoms with E-state index in [4.69, 9.17) is 4.74 Å². The third-order valence-electron chi connectivity index (χ3n) is 4.23. The van der Waals surface area contributed by atoms with Gasteiger partial charge in [-0.3, -0.25) is 4.79 Å². The maximum Gasteiger partial charge on any atom is 0.317 e. The zero-order valence-corrected chi connectivity index (χ0v) is 18.2. The van der Waals surface area contributed by atoms with E-state index in [1.165, 1.54) is 22.3 Å². The molecule has 1 heterocycles. The number of amides is 3. The molecule has 9 nitrogen and oxygen atoms in total. The summed E-state index contributed by atoms with van der Waals surface area (Å²) in [6.45, 7) is 6.83. The normalized spacial score (nSPS) is 15.6. The summed E-state index contributed by atoms with van der Waals surface area (Å²) in [5.74, 6) is -0.273. The van der Waals surface area contributed by atoms with E-state index in [9.17, 15) is 18.0 Å². The highest BCUT2D eigenvalue weighted by Gasteiger charge is 2.28. The number of rotatable bonds is 6. The number of carbonyl (C=O) groups excluding carboxylic acids is 2. The van der Waals surface area contributed by atoms with E-state index in [0.717, 1.165) is 0 Å². The first-order valence-electron chi connectivity index (χ1n) is 9.46. The molecule has 3 amide bonds. The topological polar surface area (TPSA) is 108 Å². The van der Waals surface area contributed by atoms with Gasteiger partial charge in [-0.25, -0.2) is 13.2 Å². The van der Waals surface area contributed by atoms with Crippen molar-refractivity contribution < 1.29 is 22.7 Å². The lowest BCUT2D eigenvalue weighted by Gasteiger charge is -2.27. The summed E-state index contributed by atoms with van der Waals surface area (Å²) in [6, 6.07) is 6.11. The van der Waals surface area contributed by atoms with Crippen LogP contribution in [0.2, 0.25) is 0 Å². The molecule has 1 saturated heterocycles. The molecule has 1 fully saturated rings. The number of nitrogens with zero attached hydrogens (tertiary/aromatic N) is 2. The lowest BCUT2D eigenvalue weighted by molar-refractivity contribution is -0.122. The Morgan fingerprint density at radius 1 is 1.17 bits per heavy atom. The first-order chi connectivity index (χ1) is 13.5. The van der Waals surface area contributed by atoms with Gasteiger partial charge in [0.1, 0.15) is 6.54 Å². The molecule has 2 N–H and O–H groups in total. The smallest absolute Gasteiger partial charge is 0.317 e. The summed E-state index contributed by atoms with van der Waals surface area (Å²) in [4.78, 5) is 25.7. The molecule has 0 bridgehead atoms. The van der Waals surface area contributed by atoms with E-state index < -0.39 is 16.1 Å². The van der Waals surface area contributed by atoms with E-state index in [0.29, 0.717) is 31.9 Å². The quantitative estimate of drug-likeness (QED) is 0.698. The highest BCUT2D eigenvalue weighted by molar-refractivity contribution is 7.89. The van der Waals surface area contributed by atoms with Crippen molar-refractivity contribution in [2.75, 3.05) is 39.9 Å². The van der Waals surface area contributed by atoms with Gasteiger partial charge in [0.15, 0.2) is 0 Å². The van der Waals surface area contributed by atoms with Crippen molar-refractivity contribution in [3.05, 3.63) is 29.8 Å². The molecule has 0 saturated carbocycles. The minimum absolute atomic E-state index is 0.0316. The maximum atomic E-state index is 13.0. The predicted molar refractivity (Wildman–Crippen MR) is 109 cm³/mol. The van der Waals surface area contributed by atoms with Gasteiger partial charge in [-0.15, -0.1) is 0 Å². The van der Waals surface area contributed by atoms with Crippen molar-refractivity contribution in [1.82, 2.24) is 19.8 Å². The second-order valence-corrected chi connectivity index (χ2v) is 9.84. The van der Waals surface area contributed by atoms with Crippen LogP contribution in [-0.2, 0) is 26.1 Å². The Labute approximate surface area is 172 Å². The van der Waals surface area contributed by atoms with Crippen LogP contribution in [0, 0.1) is 0 Å². The molecule has 0 aliphatic carbocycles. The molecular weight excluding hydrogens is 396 g/mol. The number of sulfonamides is 1. The van der Waals surface area contributed by atoms with E-state index in [-0.39, 0.29) is 29.4 Å². The number of hydrogen-bond acceptors (Lipinski definition) is 5. The van der Waals surface area contributed by atoms with E-state index >= 15 is 0 Å². The summed E-state index contributed by atoms with van der Waals surface area (Å²) in [5.41, 5.74) is 0.0983. The number of hydrogen-bond donors (Lipinski definition) is 2. The van der Waals surface area contributed by atoms with Gasteiger partial charge in [-0.05, 0) is 32.4 Å². The van der Waals surface area contributed by atoms with Gasteiger partial charge in [0.25, 0.3) is 0 Å². The monoisotopic (exact) mass is 426 g/mol. The summed E-state index contributed by atoms with van der Waals surface area (Å²) in [7, 11) is -2.17. The van der Waals surface area contributed by atoms with E-state index in [1.54, 1.807) is 18.2 Å². The Hall–Kier alpha value is -2.17. The Morgan fingerprint density at radius 3 is 2.41 bits per heavy atom. The first kappa shape index (κ1) is 23.1. The van der Waals surface area contributed by atoms with Crippen LogP contribution >= 0.6 is 0 Å². The second-order valence-electron chi connectivity index (χ2n) is 7.94. The lowest BCUT2D eigenvalue weighted by atomic mass is 10.1. The van der Waals surface area contributed by atoms with E-state index in [1.807, 2.05) is 20.8 Å². The van der Waals surface area contributed by atoms with Crippen LogP contribution in [0.4, 0.5) is 4.79 Å². The van der Waals surface area contributed by atoms with Gasteiger partial charge < -0.3 is 20.3 Å². The van der Waals surface area contributed by atoms with E-state index in [2.05, 4.69) is 10.6 Å². The molecule has 29 heavy (non-hydrogen) atoms. The minimum Gasteiger partial charge on any atom is -0.379 e. The number of nitrogens with one attached hydrogen (secondary N) is 2. The average molecular weight is 427 g/mol. The van der Waals surface area contributed by atoms with Crippen molar-refractivity contribution in [1.29, 1.82) is 0 Å². The third kappa shape index (κ3) is 6.69. The molecule has 1 aromatic carbocycles. The standard InChI is InChI=1S/C19H30N4O5S/c1-19(2,3)21-17(24)14-22(4)18(25)20-13-15-7-5-6-8-16(15)29(26,27)23-9-11-28-12-10-23/h5-8H,9-14H2,1-4H3,(H,20,25)(H,21,24). The molecule has 1 aliphatic rings. The number of likely N-dealkylation sites (N-methyl/N-ethyl adjacent to an activating group) is 1. The third-order valence-corrected chi connectivity index (χ3v) is 6.23. The molecule has 0 spiro atoms. The number of carbonyl (C=O) groups is 2. The van der Waals surface area contributed by atoms with Crippen molar-refractivity contribution in [3.8, 4) is 0 Å². The zero-order chi connectivity index (χ0) is 21.7. The molecule has 0 aromatic heterocycles. The van der Waals surface area contributed by atoms with Gasteiger partial charge in [0.05, 0.1) is 18.1 Å². The second kappa shape index (κ2) is 9.55. The molecule has 0 radical (unpaired) electrons. The number of morpholine rings is 1. The highest BCUT2D eigenvalue weighted by Crippen LogP contribution is 2.21. The summed E-state index contributed by atoms with van der Waals surface area (Å²) in [6.07, 6.45) is 0. The Bertz CT molecular complexity index is 829. The van der Waals surface area contributed by atoms with Crippen LogP contribution in [0.1, 0.15) is 26.3 Å². The largest absolute Gasteiger partial charge is 0.379 e. The van der Waals surface area contributed by atoms with Gasteiger partial charge >= 0.3 is 6.03 Å². The zero-order valence-electron chi connectivity index (χ0n) is 17.4. The van der Waals surface area contributed by atoms with Gasteiger partial charge in [-0.2, -0.15) is 4.31 Å². The lowest BCUT2D eigenvalue weighted by Crippen LogP contribution is -2.48. The fourth-order valence-electron chi connectivity index (χ4n) is 2.88. The van der Waals surface area contributed by atoms with Crippen LogP contribution in [-0.4, -0.2) is 75.0 Å². The average Bonchev–Trinajstić information content (AvgIpc) is 2.65. The fraction of sp³-hybridized carbons (Fsp3) is 0.579. The Kier molecular flexibility index (Phi) is 7.61. The highest BCUT2D eigenvalue weighted by atomic mass is 32.2. The number of ether oxygens (including phenoxy) is 1. The molecule has 0 unspecified atom stereocenters. The number of urea groups is 1. The molecule has 1 aliphatic heterocycles. The van der Waals surface area contributed by atoms with Crippen molar-refractivity contribution in [2.24, 2.45) is 0 Å². The van der Waals surface area contributed by atoms with Gasteiger partial charge in [0, 0.05) is 32.2 Å². The van der Waals surface area contributed by atoms with Crippen LogP contribution < -0.4 is 10.6 Å². The summed E-state index contributed by atoms with van der Waals surface area (Å²) < 4.78 is 32.5. The summed E-state index contributed by atoms with van der Waals surface area (Å²) >= 11 is 0. The van der Waals surface area contributed by atoms with Gasteiger partial charge in [-0.1, -0.05) is 18.2 Å². The molecule has 1 aromatic rings. The fourth-order valence-corrected chi connectivity index (χ4v) is 4.51. The van der Waals surface area contributed by atoms with Crippen LogP contribution in [0.25, 0.3) is 0 Å². The van der Waals surface area contributed by atoms with Crippen molar-refractivity contribution >= 4 is 22.0 Å². The Morgan fingerprint density at radius 2 is 1.79 bits per heavy atom. The van der Waals surface area contributed by atoms with Crippen LogP contribution in [0.3, 0.4) is 0 Å². The van der Waals surface area contributed by atoms with Gasteiger partial charge in [0.2, 0.25) is 15.9 Å². The minimum atomic E-state index is -3.68. The Balaban J connectivity index is 2.02. The maximum absolute atomic E-state index is 13.0. The van der Waals surface area contributed by atoms with Crippen LogP contribution in [0.15, 0.2) is 29.2 Å². The predicted octanol–water partition coefficient (Wildman–Crippen LogP) is 0.764. The molecule has 10 heteroatoms. The van der Waals surface area contributed by atoms with Crippen LogP contribution in [0.5, 0.6) is 0 Å². The molecule has 162 valence electrons. The van der Waals surface area contributed by atoms with Crippen molar-refractivity contribution in [3.63, 3.8) is 0 Å². The summed E-state index contributed by atoms with van der Waals surface area (Å²) in [5, 5.41) is 5.47. The number of benzene rings is 1. The molecule has 0 atom stereocenters. The SMILES string of the molecule is CN(CC(=O)NC(C)(C)C)C(=O)NCc1ccccc1S(=O)(=O)N1CCOCC1. The molecule has 2 rings (SSSR count).